The third-order valence-electron chi connectivity index (χ3n) is 3.60. The van der Waals surface area contributed by atoms with Gasteiger partial charge < -0.3 is 4.74 Å². The van der Waals surface area contributed by atoms with E-state index in [2.05, 4.69) is 40.0 Å². The molecule has 0 saturated heterocycles. The quantitative estimate of drug-likeness (QED) is 0.358. The summed E-state index contributed by atoms with van der Waals surface area (Å²) in [7, 11) is 0. The molecule has 0 amide bonds. The molecule has 0 spiro atoms. The first kappa shape index (κ1) is 14.3. The van der Waals surface area contributed by atoms with Crippen molar-refractivity contribution in [1.82, 2.24) is 0 Å². The highest BCUT2D eigenvalue weighted by Gasteiger charge is 2.52. The second kappa shape index (κ2) is 6.23. The van der Waals surface area contributed by atoms with Crippen LogP contribution in [0, 0.1) is 11.3 Å². The third kappa shape index (κ3) is 3.87. The van der Waals surface area contributed by atoms with Crippen LogP contribution < -0.4 is 0 Å². The van der Waals surface area contributed by atoms with Gasteiger partial charge in [-0.2, -0.15) is 0 Å². The summed E-state index contributed by atoms with van der Waals surface area (Å²) in [5.74, 6) is 0.555. The molecule has 0 heterocycles. The molecule has 17 heavy (non-hydrogen) atoms. The first-order valence-corrected chi connectivity index (χ1v) is 6.69. The maximum Gasteiger partial charge on any atom is 0.0645 e. The van der Waals surface area contributed by atoms with Crippen LogP contribution in [0.4, 0.5) is 0 Å². The van der Waals surface area contributed by atoms with Crippen LogP contribution in [-0.4, -0.2) is 13.2 Å². The number of hydrogen-bond acceptors (Lipinski definition) is 1. The maximum absolute atomic E-state index is 5.55. The Morgan fingerprint density at radius 1 is 1.53 bits per heavy atom. The molecule has 1 nitrogen and oxygen atoms in total. The number of ether oxygens (including phenoxy) is 1. The number of unbranched alkanes of at least 4 members (excludes halogenated alkanes) is 1. The van der Waals surface area contributed by atoms with Crippen LogP contribution in [0.1, 0.15) is 47.0 Å². The zero-order valence-corrected chi connectivity index (χ0v) is 11.8. The van der Waals surface area contributed by atoms with Gasteiger partial charge in [0, 0.05) is 11.3 Å². The fourth-order valence-corrected chi connectivity index (χ4v) is 2.18. The fourth-order valence-electron chi connectivity index (χ4n) is 2.18. The minimum atomic E-state index is 0.286. The minimum absolute atomic E-state index is 0.286. The molecule has 1 rings (SSSR count). The summed E-state index contributed by atoms with van der Waals surface area (Å²) in [6, 6.07) is 0. The van der Waals surface area contributed by atoms with Crippen LogP contribution >= 0.6 is 0 Å². The van der Waals surface area contributed by atoms with Crippen molar-refractivity contribution in [1.29, 1.82) is 0 Å². The lowest BCUT2D eigenvalue weighted by Gasteiger charge is -2.00. The molecule has 1 heteroatoms. The van der Waals surface area contributed by atoms with E-state index in [1.54, 1.807) is 6.08 Å². The highest BCUT2D eigenvalue weighted by atomic mass is 16.5. The lowest BCUT2D eigenvalue weighted by atomic mass is 10.1. The average Bonchev–Trinajstić information content (AvgIpc) is 2.78. The molecule has 0 N–H and O–H groups in total. The van der Waals surface area contributed by atoms with Gasteiger partial charge in [-0.05, 0) is 30.9 Å². The molecule has 1 saturated carbocycles. The largest absolute Gasteiger partial charge is 0.377 e. The fraction of sp³-hybridized carbons (Fsp3) is 0.688. The first-order valence-electron chi connectivity index (χ1n) is 6.69. The molecular formula is C16H26O. The molecule has 0 aliphatic heterocycles. The molecule has 1 atom stereocenters. The van der Waals surface area contributed by atoms with Crippen molar-refractivity contribution in [2.45, 2.75) is 47.0 Å². The molecule has 0 radical (unpaired) electrons. The lowest BCUT2D eigenvalue weighted by Crippen LogP contribution is -2.00. The molecule has 0 bridgehead atoms. The van der Waals surface area contributed by atoms with Gasteiger partial charge in [0.15, 0.2) is 0 Å². The average molecular weight is 234 g/mol. The SMILES string of the molecule is C=CCOCC1C(=C=C(C)CCCC)C1(C)C. The highest BCUT2D eigenvalue weighted by molar-refractivity contribution is 5.36. The summed E-state index contributed by atoms with van der Waals surface area (Å²) >= 11 is 0. The molecule has 1 aliphatic carbocycles. The van der Waals surface area contributed by atoms with Gasteiger partial charge in [0.25, 0.3) is 0 Å². The van der Waals surface area contributed by atoms with Gasteiger partial charge >= 0.3 is 0 Å². The van der Waals surface area contributed by atoms with E-state index in [1.165, 1.54) is 30.4 Å². The van der Waals surface area contributed by atoms with Crippen molar-refractivity contribution < 1.29 is 4.74 Å². The standard InChI is InChI=1S/C16H26O/c1-6-8-9-13(3)11-14-15(16(14,4)5)12-17-10-7-2/h7,15H,2,6,8-10,12H2,1,3-5H3. The molecule has 0 aromatic rings. The van der Waals surface area contributed by atoms with Gasteiger partial charge in [0.2, 0.25) is 0 Å². The molecule has 1 unspecified atom stereocenters. The first-order chi connectivity index (χ1) is 8.04. The van der Waals surface area contributed by atoms with Gasteiger partial charge in [0.05, 0.1) is 13.2 Å². The Morgan fingerprint density at radius 2 is 2.24 bits per heavy atom. The van der Waals surface area contributed by atoms with Crippen LogP contribution in [0.15, 0.2) is 29.5 Å². The highest BCUT2D eigenvalue weighted by Crippen LogP contribution is 2.57. The van der Waals surface area contributed by atoms with Crippen molar-refractivity contribution in [3.8, 4) is 0 Å². The van der Waals surface area contributed by atoms with Crippen molar-refractivity contribution in [3.05, 3.63) is 29.5 Å². The lowest BCUT2D eigenvalue weighted by molar-refractivity contribution is 0.143. The van der Waals surface area contributed by atoms with E-state index in [9.17, 15) is 0 Å². The van der Waals surface area contributed by atoms with E-state index < -0.39 is 0 Å². The van der Waals surface area contributed by atoms with Gasteiger partial charge in [-0.1, -0.05) is 33.3 Å². The molecule has 1 fully saturated rings. The molecule has 0 aromatic carbocycles. The Kier molecular flexibility index (Phi) is 5.24. The van der Waals surface area contributed by atoms with E-state index in [0.717, 1.165) is 6.61 Å². The second-order valence-corrected chi connectivity index (χ2v) is 5.52. The number of rotatable bonds is 7. The van der Waals surface area contributed by atoms with E-state index in [0.29, 0.717) is 12.5 Å². The molecule has 0 aromatic heterocycles. The van der Waals surface area contributed by atoms with Gasteiger partial charge in [-0.15, -0.1) is 12.3 Å². The monoisotopic (exact) mass is 234 g/mol. The van der Waals surface area contributed by atoms with Gasteiger partial charge in [-0.25, -0.2) is 0 Å². The van der Waals surface area contributed by atoms with E-state index >= 15 is 0 Å². The Morgan fingerprint density at radius 3 is 2.82 bits per heavy atom. The minimum Gasteiger partial charge on any atom is -0.377 e. The van der Waals surface area contributed by atoms with Crippen LogP contribution in [0.5, 0.6) is 0 Å². The van der Waals surface area contributed by atoms with E-state index in [1.807, 2.05) is 0 Å². The summed E-state index contributed by atoms with van der Waals surface area (Å²) in [6.07, 6.45) is 5.51. The molecule has 1 aliphatic rings. The Balaban J connectivity index is 2.59. The van der Waals surface area contributed by atoms with Crippen LogP contribution in [0.25, 0.3) is 0 Å². The molecular weight excluding hydrogens is 208 g/mol. The van der Waals surface area contributed by atoms with Crippen LogP contribution in [0.2, 0.25) is 0 Å². The van der Waals surface area contributed by atoms with Gasteiger partial charge in [0.1, 0.15) is 0 Å². The van der Waals surface area contributed by atoms with Crippen molar-refractivity contribution in [2.24, 2.45) is 11.3 Å². The smallest absolute Gasteiger partial charge is 0.0645 e. The summed E-state index contributed by atoms with van der Waals surface area (Å²) in [5.41, 5.74) is 6.70. The maximum atomic E-state index is 5.55. The summed E-state index contributed by atoms with van der Waals surface area (Å²) < 4.78 is 5.55. The Bertz CT molecular complexity index is 329. The van der Waals surface area contributed by atoms with E-state index in [-0.39, 0.29) is 5.41 Å². The van der Waals surface area contributed by atoms with Crippen LogP contribution in [-0.2, 0) is 4.74 Å². The summed E-state index contributed by atoms with van der Waals surface area (Å²) in [4.78, 5) is 0. The molecule has 96 valence electrons. The van der Waals surface area contributed by atoms with Crippen molar-refractivity contribution in [2.75, 3.05) is 13.2 Å². The second-order valence-electron chi connectivity index (χ2n) is 5.52. The Labute approximate surface area is 106 Å². The van der Waals surface area contributed by atoms with Crippen molar-refractivity contribution >= 4 is 0 Å². The van der Waals surface area contributed by atoms with Crippen LogP contribution in [0.3, 0.4) is 0 Å². The topological polar surface area (TPSA) is 9.23 Å². The van der Waals surface area contributed by atoms with E-state index in [4.69, 9.17) is 4.74 Å². The summed E-state index contributed by atoms with van der Waals surface area (Å²) in [6.45, 7) is 14.1. The predicted octanol–water partition coefficient (Wildman–Crippen LogP) is 4.51. The van der Waals surface area contributed by atoms with Gasteiger partial charge in [-0.3, -0.25) is 0 Å². The zero-order chi connectivity index (χ0) is 12.9. The summed E-state index contributed by atoms with van der Waals surface area (Å²) in [5, 5.41) is 0. The third-order valence-corrected chi connectivity index (χ3v) is 3.60. The predicted molar refractivity (Wildman–Crippen MR) is 74.0 cm³/mol. The normalized spacial score (nSPS) is 20.9. The Hall–Kier alpha value is -0.780. The zero-order valence-electron chi connectivity index (χ0n) is 11.8. The van der Waals surface area contributed by atoms with Crippen molar-refractivity contribution in [3.63, 3.8) is 0 Å². The number of hydrogen-bond donors (Lipinski definition) is 0.